The minimum Gasteiger partial charge on any atom is -0.478 e. The molecule has 1 heterocycles. The first kappa shape index (κ1) is 15.5. The molecule has 1 aliphatic heterocycles. The second-order valence-electron chi connectivity index (χ2n) is 5.84. The maximum atomic E-state index is 12.0. The Morgan fingerprint density at radius 1 is 1.29 bits per heavy atom. The van der Waals surface area contributed by atoms with Crippen LogP contribution in [0.15, 0.2) is 24.3 Å². The van der Waals surface area contributed by atoms with Crippen molar-refractivity contribution in [1.82, 2.24) is 10.2 Å². The fourth-order valence-corrected chi connectivity index (χ4v) is 2.60. The summed E-state index contributed by atoms with van der Waals surface area (Å²) in [4.78, 5) is 25.2. The van der Waals surface area contributed by atoms with Crippen LogP contribution in [0.5, 0.6) is 0 Å². The van der Waals surface area contributed by atoms with E-state index in [2.05, 4.69) is 24.1 Å². The highest BCUT2D eigenvalue weighted by Crippen LogP contribution is 2.17. The smallest absolute Gasteiger partial charge is 0.335 e. The summed E-state index contributed by atoms with van der Waals surface area (Å²) in [6.07, 6.45) is 1.11. The lowest BCUT2D eigenvalue weighted by atomic mass is 10.1. The Morgan fingerprint density at radius 3 is 2.43 bits per heavy atom. The van der Waals surface area contributed by atoms with Crippen molar-refractivity contribution in [2.24, 2.45) is 5.92 Å². The zero-order valence-corrected chi connectivity index (χ0v) is 12.5. The van der Waals surface area contributed by atoms with Gasteiger partial charge in [-0.05, 0) is 57.0 Å². The van der Waals surface area contributed by atoms with E-state index in [1.165, 1.54) is 12.1 Å². The van der Waals surface area contributed by atoms with Gasteiger partial charge >= 0.3 is 5.97 Å². The Bertz CT molecular complexity index is 511. The number of likely N-dealkylation sites (tertiary alicyclic amines) is 1. The van der Waals surface area contributed by atoms with Gasteiger partial charge in [0, 0.05) is 24.7 Å². The van der Waals surface area contributed by atoms with Crippen LogP contribution in [0.2, 0.25) is 0 Å². The summed E-state index contributed by atoms with van der Waals surface area (Å²) in [7, 11) is 0. The number of aromatic carboxylic acids is 1. The normalized spacial score (nSPS) is 18.9. The third-order valence-electron chi connectivity index (χ3n) is 3.99. The van der Waals surface area contributed by atoms with Crippen molar-refractivity contribution in [2.75, 3.05) is 19.6 Å². The van der Waals surface area contributed by atoms with Gasteiger partial charge in [0.25, 0.3) is 5.91 Å². The number of carbonyl (C=O) groups excluding carboxylic acids is 1. The SMILES string of the molecule is CC(C)N1CCC(CNC(=O)c2ccc(C(=O)O)cc2)C1. The first-order valence-electron chi connectivity index (χ1n) is 7.33. The number of carbonyl (C=O) groups is 2. The predicted octanol–water partition coefficient (Wildman–Crippen LogP) is 1.84. The largest absolute Gasteiger partial charge is 0.478 e. The van der Waals surface area contributed by atoms with E-state index in [1.807, 2.05) is 0 Å². The average Bonchev–Trinajstić information content (AvgIpc) is 2.94. The third-order valence-corrected chi connectivity index (χ3v) is 3.99. The van der Waals surface area contributed by atoms with E-state index >= 15 is 0 Å². The van der Waals surface area contributed by atoms with Gasteiger partial charge < -0.3 is 15.3 Å². The molecule has 1 aliphatic rings. The van der Waals surface area contributed by atoms with E-state index in [-0.39, 0.29) is 11.5 Å². The second kappa shape index (κ2) is 6.72. The van der Waals surface area contributed by atoms with E-state index in [9.17, 15) is 9.59 Å². The van der Waals surface area contributed by atoms with Crippen LogP contribution < -0.4 is 5.32 Å². The van der Waals surface area contributed by atoms with E-state index in [4.69, 9.17) is 5.11 Å². The number of hydrogen-bond donors (Lipinski definition) is 2. The zero-order valence-electron chi connectivity index (χ0n) is 12.5. The van der Waals surface area contributed by atoms with Crippen LogP contribution in [0.1, 0.15) is 41.0 Å². The molecular weight excluding hydrogens is 268 g/mol. The topological polar surface area (TPSA) is 69.6 Å². The number of carboxylic acids is 1. The van der Waals surface area contributed by atoms with Crippen LogP contribution in [0.4, 0.5) is 0 Å². The molecule has 0 aliphatic carbocycles. The maximum Gasteiger partial charge on any atom is 0.335 e. The Labute approximate surface area is 125 Å². The summed E-state index contributed by atoms with van der Waals surface area (Å²) in [6.45, 7) is 7.15. The molecule has 2 rings (SSSR count). The van der Waals surface area contributed by atoms with E-state index in [0.29, 0.717) is 24.1 Å². The Balaban J connectivity index is 1.83. The summed E-state index contributed by atoms with van der Waals surface area (Å²) in [5, 5.41) is 11.8. The molecule has 1 amide bonds. The van der Waals surface area contributed by atoms with Gasteiger partial charge in [0.2, 0.25) is 0 Å². The Morgan fingerprint density at radius 2 is 1.90 bits per heavy atom. The number of nitrogens with zero attached hydrogens (tertiary/aromatic N) is 1. The average molecular weight is 290 g/mol. The van der Waals surface area contributed by atoms with Crippen molar-refractivity contribution in [1.29, 1.82) is 0 Å². The maximum absolute atomic E-state index is 12.0. The lowest BCUT2D eigenvalue weighted by molar-refractivity contribution is 0.0696. The molecule has 1 unspecified atom stereocenters. The first-order chi connectivity index (χ1) is 9.97. The van der Waals surface area contributed by atoms with Gasteiger partial charge in [-0.3, -0.25) is 4.79 Å². The lowest BCUT2D eigenvalue weighted by Gasteiger charge is -2.20. The monoisotopic (exact) mass is 290 g/mol. The van der Waals surface area contributed by atoms with Crippen molar-refractivity contribution >= 4 is 11.9 Å². The van der Waals surface area contributed by atoms with Crippen molar-refractivity contribution < 1.29 is 14.7 Å². The van der Waals surface area contributed by atoms with Gasteiger partial charge in [0.1, 0.15) is 0 Å². The number of nitrogens with one attached hydrogen (secondary N) is 1. The highest BCUT2D eigenvalue weighted by molar-refractivity contribution is 5.95. The van der Waals surface area contributed by atoms with Gasteiger partial charge in [-0.15, -0.1) is 0 Å². The summed E-state index contributed by atoms with van der Waals surface area (Å²) >= 11 is 0. The van der Waals surface area contributed by atoms with Crippen molar-refractivity contribution in [3.8, 4) is 0 Å². The van der Waals surface area contributed by atoms with Crippen LogP contribution in [-0.2, 0) is 0 Å². The highest BCUT2D eigenvalue weighted by Gasteiger charge is 2.24. The second-order valence-corrected chi connectivity index (χ2v) is 5.84. The standard InChI is InChI=1S/C16H22N2O3/c1-11(2)18-8-7-12(10-18)9-17-15(19)13-3-5-14(6-4-13)16(20)21/h3-6,11-12H,7-10H2,1-2H3,(H,17,19)(H,20,21). The third kappa shape index (κ3) is 4.04. The van der Waals surface area contributed by atoms with Crippen LogP contribution in [0, 0.1) is 5.92 Å². The molecule has 0 saturated carbocycles. The van der Waals surface area contributed by atoms with Gasteiger partial charge in [0.15, 0.2) is 0 Å². The number of amides is 1. The van der Waals surface area contributed by atoms with Gasteiger partial charge in [-0.2, -0.15) is 0 Å². The van der Waals surface area contributed by atoms with Crippen molar-refractivity contribution in [3.05, 3.63) is 35.4 Å². The number of carboxylic acid groups (broad SMARTS) is 1. The van der Waals surface area contributed by atoms with E-state index < -0.39 is 5.97 Å². The van der Waals surface area contributed by atoms with Crippen LogP contribution in [0.3, 0.4) is 0 Å². The molecule has 0 aromatic heterocycles. The van der Waals surface area contributed by atoms with Gasteiger partial charge in [0.05, 0.1) is 5.56 Å². The van der Waals surface area contributed by atoms with Crippen LogP contribution in [0.25, 0.3) is 0 Å². The van der Waals surface area contributed by atoms with Crippen LogP contribution in [-0.4, -0.2) is 47.6 Å². The summed E-state index contributed by atoms with van der Waals surface area (Å²) < 4.78 is 0. The molecular formula is C16H22N2O3. The molecule has 21 heavy (non-hydrogen) atoms. The molecule has 1 aromatic carbocycles. The highest BCUT2D eigenvalue weighted by atomic mass is 16.4. The van der Waals surface area contributed by atoms with E-state index in [1.54, 1.807) is 12.1 Å². The molecule has 114 valence electrons. The number of hydrogen-bond acceptors (Lipinski definition) is 3. The molecule has 2 N–H and O–H groups in total. The molecule has 1 atom stereocenters. The lowest BCUT2D eigenvalue weighted by Crippen LogP contribution is -2.33. The van der Waals surface area contributed by atoms with Crippen molar-refractivity contribution in [3.63, 3.8) is 0 Å². The molecule has 1 saturated heterocycles. The molecule has 1 fully saturated rings. The summed E-state index contributed by atoms with van der Waals surface area (Å²) in [5.74, 6) is -0.633. The molecule has 5 nitrogen and oxygen atoms in total. The zero-order chi connectivity index (χ0) is 15.4. The number of benzene rings is 1. The Hall–Kier alpha value is -1.88. The minimum absolute atomic E-state index is 0.144. The quantitative estimate of drug-likeness (QED) is 0.868. The van der Waals surface area contributed by atoms with Gasteiger partial charge in [-0.1, -0.05) is 0 Å². The Kier molecular flexibility index (Phi) is 4.96. The number of rotatable bonds is 5. The van der Waals surface area contributed by atoms with Gasteiger partial charge in [-0.25, -0.2) is 4.79 Å². The molecule has 0 radical (unpaired) electrons. The minimum atomic E-state index is -0.985. The molecule has 1 aromatic rings. The van der Waals surface area contributed by atoms with E-state index in [0.717, 1.165) is 19.5 Å². The predicted molar refractivity (Wildman–Crippen MR) is 80.6 cm³/mol. The fourth-order valence-electron chi connectivity index (χ4n) is 2.60. The summed E-state index contributed by atoms with van der Waals surface area (Å²) in [6, 6.07) is 6.55. The summed E-state index contributed by atoms with van der Waals surface area (Å²) in [5.41, 5.74) is 0.689. The molecule has 0 spiro atoms. The van der Waals surface area contributed by atoms with Crippen molar-refractivity contribution in [2.45, 2.75) is 26.3 Å². The van der Waals surface area contributed by atoms with Crippen LogP contribution >= 0.6 is 0 Å². The molecule has 5 heteroatoms. The fraction of sp³-hybridized carbons (Fsp3) is 0.500. The molecule has 0 bridgehead atoms. The first-order valence-corrected chi connectivity index (χ1v) is 7.33.